The Hall–Kier alpha value is -19.1. The highest BCUT2D eigenvalue weighted by atomic mass is 15.2. The molecule has 2 aliphatic carbocycles. The van der Waals surface area contributed by atoms with Gasteiger partial charge >= 0.3 is 0 Å². The topological polar surface area (TPSA) is 26.2 Å². The number of hydrogen-bond acceptors (Lipinski definition) is 2. The van der Waals surface area contributed by atoms with Gasteiger partial charge in [0.25, 0.3) is 0 Å². The summed E-state index contributed by atoms with van der Waals surface area (Å²) < 4.78 is 9.88. The fraction of sp³-hybridized carbons (Fsp3) is 0.0143. The Morgan fingerprint density at radius 2 is 0.411 bits per heavy atom. The molecule has 4 aliphatic rings. The second kappa shape index (κ2) is 32.7. The predicted octanol–water partition coefficient (Wildman–Crippen LogP) is 36.4. The number of nitrogens with zero attached hydrogens (tertiary/aromatic N) is 6. The molecule has 0 amide bonds. The van der Waals surface area contributed by atoms with Gasteiger partial charge in [-0.15, -0.1) is 0 Å². The van der Waals surface area contributed by atoms with Crippen molar-refractivity contribution in [3.05, 3.63) is 590 Å². The Bertz CT molecular complexity index is 9850. The average molecular weight is 1860 g/mol. The molecule has 0 N–H and O–H groups in total. The van der Waals surface area contributed by atoms with E-state index in [4.69, 9.17) is 0 Å². The Balaban J connectivity index is 0.000000136. The molecule has 0 saturated heterocycles. The molecule has 146 heavy (non-hydrogen) atoms. The van der Waals surface area contributed by atoms with Crippen LogP contribution in [0.4, 0.5) is 34.1 Å². The summed E-state index contributed by atoms with van der Waals surface area (Å²) in [6.45, 7) is 0. The predicted molar refractivity (Wildman–Crippen MR) is 609 cm³/mol. The summed E-state index contributed by atoms with van der Waals surface area (Å²) in [6.07, 6.45) is 0. The molecule has 0 saturated carbocycles. The van der Waals surface area contributed by atoms with Crippen LogP contribution in [0.1, 0.15) is 44.5 Å². The largest absolute Gasteiger partial charge is 0.310 e. The van der Waals surface area contributed by atoms with Gasteiger partial charge in [0.15, 0.2) is 0 Å². The molecule has 4 aromatic heterocycles. The lowest BCUT2D eigenvalue weighted by Crippen LogP contribution is -2.33. The molecule has 27 aromatic rings. The van der Waals surface area contributed by atoms with Gasteiger partial charge in [-0.3, -0.25) is 0 Å². The van der Waals surface area contributed by atoms with Crippen LogP contribution in [0, 0.1) is 0 Å². The third-order valence-corrected chi connectivity index (χ3v) is 31.8. The monoisotopic (exact) mass is 1850 g/mol. The fourth-order valence-corrected chi connectivity index (χ4v) is 25.8. The van der Waals surface area contributed by atoms with E-state index in [0.717, 1.165) is 73.3 Å². The van der Waals surface area contributed by atoms with Crippen molar-refractivity contribution in [3.8, 4) is 101 Å². The molecule has 6 nitrogen and oxygen atoms in total. The quantitative estimate of drug-likeness (QED) is 0.115. The number of benzene rings is 23. The zero-order valence-electron chi connectivity index (χ0n) is 79.6. The third kappa shape index (κ3) is 12.2. The van der Waals surface area contributed by atoms with Crippen molar-refractivity contribution >= 4 is 121 Å². The molecule has 0 unspecified atom stereocenters. The minimum absolute atomic E-state index is 0.582. The van der Waals surface area contributed by atoms with Crippen molar-refractivity contribution in [2.24, 2.45) is 0 Å². The smallest absolute Gasteiger partial charge is 0.0755 e. The number of para-hydroxylation sites is 10. The van der Waals surface area contributed by atoms with Gasteiger partial charge in [0, 0.05) is 88.3 Å². The molecule has 0 fully saturated rings. The first kappa shape index (κ1) is 82.7. The van der Waals surface area contributed by atoms with Crippen molar-refractivity contribution in [2.45, 2.75) is 10.8 Å². The van der Waals surface area contributed by atoms with Crippen LogP contribution in [0.15, 0.2) is 546 Å². The van der Waals surface area contributed by atoms with E-state index in [0.29, 0.717) is 0 Å². The molecule has 2 aliphatic heterocycles. The van der Waals surface area contributed by atoms with Crippen molar-refractivity contribution in [3.63, 3.8) is 0 Å². The third-order valence-electron chi connectivity index (χ3n) is 31.8. The van der Waals surface area contributed by atoms with Crippen LogP contribution in [-0.2, 0) is 10.8 Å². The zero-order chi connectivity index (χ0) is 95.8. The number of rotatable bonds is 13. The lowest BCUT2D eigenvalue weighted by atomic mass is 9.65. The first-order valence-electron chi connectivity index (χ1n) is 50.6. The maximum Gasteiger partial charge on any atom is 0.0755 e. The molecule has 31 rings (SSSR count). The minimum atomic E-state index is -0.590. The van der Waals surface area contributed by atoms with Gasteiger partial charge in [-0.1, -0.05) is 406 Å². The summed E-state index contributed by atoms with van der Waals surface area (Å²) in [5, 5.41) is 9.92. The van der Waals surface area contributed by atoms with Gasteiger partial charge in [0.1, 0.15) is 0 Å². The second-order valence-corrected chi connectivity index (χ2v) is 39.1. The summed E-state index contributed by atoms with van der Waals surface area (Å²) in [4.78, 5) is 5.03. The van der Waals surface area contributed by atoms with E-state index >= 15 is 0 Å². The Morgan fingerprint density at radius 1 is 0.144 bits per heavy atom. The standard InChI is InChI=1S/C73H47N3.C67H43N3/c1-3-19-48(20-4-1)49-35-37-51(38-36-49)56-23-9-15-31-67(56)74(54-42-39-50(40-43-54)52-41-44-70-61(45-52)59-26-10-16-32-68(59)75(70)53-21-5-2-6-22-53)55-46-62-60-27-11-17-33-69(60)76-71-34-18-14-30-65(71)73(66(47-55)72(62)76)63-28-12-7-24-57(63)58-25-8-13-29-64(58)73;1-2-18-44(19-3-1)45-34-36-46(37-35-45)50-20-6-13-29-61(50)68(47-38-40-48(41-39-47)69-62-30-14-7-23-53(62)54-24-8-15-31-63(54)69)49-42-56-55-25-9-16-32-64(55)70-65-33-17-12-28-59(65)67(60(43-49)66(56)70)57-26-10-4-21-51(57)52-22-5-11-27-58(52)67/h1-47H;1-43H. The molecule has 2 spiro atoms. The van der Waals surface area contributed by atoms with Crippen molar-refractivity contribution in [1.82, 2.24) is 18.3 Å². The Labute approximate surface area is 845 Å². The van der Waals surface area contributed by atoms with Crippen LogP contribution in [0.25, 0.3) is 188 Å². The van der Waals surface area contributed by atoms with Crippen LogP contribution >= 0.6 is 0 Å². The van der Waals surface area contributed by atoms with E-state index in [1.807, 2.05) is 0 Å². The Morgan fingerprint density at radius 3 is 0.815 bits per heavy atom. The number of anilines is 6. The summed E-state index contributed by atoms with van der Waals surface area (Å²) in [6, 6.07) is 203. The van der Waals surface area contributed by atoms with E-state index in [-0.39, 0.29) is 0 Å². The maximum absolute atomic E-state index is 2.55. The number of fused-ring (bicyclic) bond motifs is 30. The Kier molecular flexibility index (Phi) is 18.5. The highest BCUT2D eigenvalue weighted by molar-refractivity contribution is 6.18. The maximum atomic E-state index is 2.55. The highest BCUT2D eigenvalue weighted by Crippen LogP contribution is 2.65. The van der Waals surface area contributed by atoms with E-state index in [9.17, 15) is 0 Å². The lowest BCUT2D eigenvalue weighted by molar-refractivity contribution is 0.748. The van der Waals surface area contributed by atoms with Gasteiger partial charge in [0.05, 0.1) is 77.7 Å². The minimum Gasteiger partial charge on any atom is -0.310 e. The zero-order valence-corrected chi connectivity index (χ0v) is 79.6. The fourth-order valence-electron chi connectivity index (χ4n) is 25.8. The van der Waals surface area contributed by atoms with Crippen LogP contribution in [0.3, 0.4) is 0 Å². The number of aromatic nitrogens is 4. The molecule has 6 heterocycles. The summed E-state index contributed by atoms with van der Waals surface area (Å²) in [5.41, 5.74) is 47.1. The van der Waals surface area contributed by atoms with Gasteiger partial charge < -0.3 is 28.1 Å². The van der Waals surface area contributed by atoms with Crippen LogP contribution < -0.4 is 9.80 Å². The normalized spacial score (nSPS) is 12.9. The highest BCUT2D eigenvalue weighted by Gasteiger charge is 2.53. The summed E-state index contributed by atoms with van der Waals surface area (Å²) in [7, 11) is 0. The number of hydrogen-bond donors (Lipinski definition) is 0. The SMILES string of the molecule is c1ccc(-c2ccc(-c3ccccc3N(c3ccc(-c4ccc5c(c4)c4ccccc4n5-c4ccccc4)cc3)c3cc4c5c(c3)c3ccccc3n5-c3ccccc3C43c4ccccc4-c4ccccc43)cc2)cc1.c1ccc(-c2ccc(-c3ccccc3N(c3ccc(-n4c5ccccc5c5ccccc54)cc3)c3cc4c5c(c3)c3ccccc3n5-c3ccccc3C43c4ccccc4-c4ccccc43)cc2)cc1. The second-order valence-electron chi connectivity index (χ2n) is 39.1. The van der Waals surface area contributed by atoms with Crippen LogP contribution in [0.5, 0.6) is 0 Å². The molecular weight excluding hydrogens is 1770 g/mol. The van der Waals surface area contributed by atoms with Crippen molar-refractivity contribution < 1.29 is 0 Å². The first-order chi connectivity index (χ1) is 72.5. The molecule has 0 radical (unpaired) electrons. The van der Waals surface area contributed by atoms with E-state index in [1.165, 1.54) is 193 Å². The molecule has 0 bridgehead atoms. The van der Waals surface area contributed by atoms with Gasteiger partial charge in [-0.05, 0) is 251 Å². The summed E-state index contributed by atoms with van der Waals surface area (Å²) in [5.74, 6) is 0. The van der Waals surface area contributed by atoms with Gasteiger partial charge in [-0.2, -0.15) is 0 Å². The van der Waals surface area contributed by atoms with E-state index < -0.39 is 10.8 Å². The molecular formula is C140H90N6. The van der Waals surface area contributed by atoms with Gasteiger partial charge in [-0.25, -0.2) is 0 Å². The molecule has 6 heteroatoms. The van der Waals surface area contributed by atoms with Gasteiger partial charge in [0.2, 0.25) is 0 Å². The van der Waals surface area contributed by atoms with E-state index in [1.54, 1.807) is 0 Å². The average Bonchev–Trinajstić information content (AvgIpc) is 1.49. The first-order valence-corrected chi connectivity index (χ1v) is 50.6. The molecule has 0 atom stereocenters. The molecule has 680 valence electrons. The van der Waals surface area contributed by atoms with E-state index in [2.05, 4.69) is 574 Å². The summed E-state index contributed by atoms with van der Waals surface area (Å²) >= 11 is 0. The van der Waals surface area contributed by atoms with Crippen molar-refractivity contribution in [2.75, 3.05) is 9.80 Å². The van der Waals surface area contributed by atoms with Crippen LogP contribution in [-0.4, -0.2) is 18.3 Å². The molecule has 23 aromatic carbocycles. The lowest BCUT2D eigenvalue weighted by Gasteiger charge is -2.40. The van der Waals surface area contributed by atoms with Crippen molar-refractivity contribution in [1.29, 1.82) is 0 Å². The van der Waals surface area contributed by atoms with Crippen LogP contribution in [0.2, 0.25) is 0 Å².